The number of aryl methyl sites for hydroxylation is 1. The Morgan fingerprint density at radius 2 is 1.82 bits per heavy atom. The van der Waals surface area contributed by atoms with Crippen LogP contribution in [0.3, 0.4) is 0 Å². The van der Waals surface area contributed by atoms with E-state index in [1.807, 2.05) is 41.8 Å². The third-order valence-corrected chi connectivity index (χ3v) is 5.36. The molecule has 0 amide bonds. The van der Waals surface area contributed by atoms with E-state index in [2.05, 4.69) is 42.2 Å². The molecule has 4 rings (SSSR count). The molecule has 2 aromatic heterocycles. The average molecular weight is 567 g/mol. The Bertz CT molecular complexity index is 1130. The third kappa shape index (κ3) is 4.93. The van der Waals surface area contributed by atoms with Crippen molar-refractivity contribution in [3.63, 3.8) is 0 Å². The van der Waals surface area contributed by atoms with Gasteiger partial charge in [0.2, 0.25) is 0 Å². The van der Waals surface area contributed by atoms with E-state index in [-0.39, 0.29) is 31.6 Å². The zero-order chi connectivity index (χ0) is 19.4. The van der Waals surface area contributed by atoms with Crippen LogP contribution >= 0.6 is 11.3 Å². The van der Waals surface area contributed by atoms with Crippen LogP contribution in [0.2, 0.25) is 0 Å². The van der Waals surface area contributed by atoms with Crippen LogP contribution in [0.1, 0.15) is 19.4 Å². The minimum Gasteiger partial charge on any atom is -0.512 e. The van der Waals surface area contributed by atoms with Gasteiger partial charge in [-0.2, -0.15) is 11.3 Å². The minimum absolute atomic E-state index is 0. The predicted octanol–water partition coefficient (Wildman–Crippen LogP) is 6.26. The molecule has 0 fully saturated rings. The van der Waals surface area contributed by atoms with Gasteiger partial charge in [-0.05, 0) is 48.2 Å². The van der Waals surface area contributed by atoms with E-state index in [0.29, 0.717) is 0 Å². The van der Waals surface area contributed by atoms with Crippen LogP contribution in [0, 0.1) is 13.0 Å². The number of benzene rings is 2. The van der Waals surface area contributed by atoms with Crippen molar-refractivity contribution in [3.05, 3.63) is 78.2 Å². The van der Waals surface area contributed by atoms with Crippen molar-refractivity contribution in [1.82, 2.24) is 4.98 Å². The van der Waals surface area contributed by atoms with E-state index in [4.69, 9.17) is 5.11 Å². The van der Waals surface area contributed by atoms with Gasteiger partial charge in [0, 0.05) is 37.1 Å². The number of carbonyl (C=O) groups is 1. The summed E-state index contributed by atoms with van der Waals surface area (Å²) in [6.07, 6.45) is 3.00. The maximum Gasteiger partial charge on any atom is 0.155 e. The van der Waals surface area contributed by atoms with E-state index in [1.54, 1.807) is 0 Å². The second-order valence-corrected chi connectivity index (χ2v) is 7.28. The number of ketones is 1. The normalized spacial score (nSPS) is 10.9. The maximum atomic E-state index is 10.0. The summed E-state index contributed by atoms with van der Waals surface area (Å²) >= 11 is 1.84. The molecule has 0 aliphatic rings. The molecule has 0 unspecified atom stereocenters. The van der Waals surface area contributed by atoms with Crippen LogP contribution in [-0.4, -0.2) is 15.9 Å². The van der Waals surface area contributed by atoms with Crippen molar-refractivity contribution in [1.29, 1.82) is 0 Å². The van der Waals surface area contributed by atoms with E-state index >= 15 is 0 Å². The molecule has 0 saturated heterocycles. The number of allylic oxidation sites excluding steroid dienone is 2. The number of pyridine rings is 1. The molecular formula is C23H20IrNO2S-. The molecule has 1 radical (unpaired) electrons. The van der Waals surface area contributed by atoms with Crippen LogP contribution in [0.15, 0.2) is 66.6 Å². The third-order valence-electron chi connectivity index (χ3n) is 3.99. The maximum absolute atomic E-state index is 10.0. The fraction of sp³-hybridized carbons (Fsp3) is 0.130. The number of rotatable bonds is 2. The molecule has 0 aliphatic carbocycles. The first-order valence-electron chi connectivity index (χ1n) is 8.59. The van der Waals surface area contributed by atoms with Crippen molar-refractivity contribution in [3.8, 4) is 11.3 Å². The van der Waals surface area contributed by atoms with Crippen LogP contribution in [0.5, 0.6) is 0 Å². The summed E-state index contributed by atoms with van der Waals surface area (Å²) in [6.45, 7) is 5.02. The number of aliphatic hydroxyl groups is 1. The molecular weight excluding hydrogens is 547 g/mol. The van der Waals surface area contributed by atoms with E-state index in [0.717, 1.165) is 11.3 Å². The molecule has 0 bridgehead atoms. The fourth-order valence-corrected chi connectivity index (χ4v) is 4.17. The van der Waals surface area contributed by atoms with Gasteiger partial charge in [0.15, 0.2) is 5.78 Å². The summed E-state index contributed by atoms with van der Waals surface area (Å²) in [6, 6.07) is 20.0. The monoisotopic (exact) mass is 567 g/mol. The molecule has 0 atom stereocenters. The van der Waals surface area contributed by atoms with E-state index in [9.17, 15) is 4.79 Å². The molecule has 0 saturated carbocycles. The van der Waals surface area contributed by atoms with Crippen molar-refractivity contribution < 1.29 is 30.0 Å². The molecule has 145 valence electrons. The Kier molecular flexibility index (Phi) is 7.64. The summed E-state index contributed by atoms with van der Waals surface area (Å²) in [5, 5.41) is 11.0. The molecule has 5 heteroatoms. The van der Waals surface area contributed by atoms with Gasteiger partial charge in [-0.3, -0.25) is 4.79 Å². The van der Waals surface area contributed by atoms with Gasteiger partial charge in [0.25, 0.3) is 0 Å². The molecule has 2 heterocycles. The zero-order valence-corrected chi connectivity index (χ0v) is 19.0. The van der Waals surface area contributed by atoms with Gasteiger partial charge in [-0.1, -0.05) is 35.7 Å². The van der Waals surface area contributed by atoms with Gasteiger partial charge in [0.05, 0.1) is 5.76 Å². The smallest absolute Gasteiger partial charge is 0.155 e. The second-order valence-electron chi connectivity index (χ2n) is 6.26. The number of fused-ring (bicyclic) bond motifs is 3. The summed E-state index contributed by atoms with van der Waals surface area (Å²) in [5.74, 6) is -0.0625. The van der Waals surface area contributed by atoms with E-state index < -0.39 is 0 Å². The van der Waals surface area contributed by atoms with E-state index in [1.165, 1.54) is 45.7 Å². The topological polar surface area (TPSA) is 50.2 Å². The first-order valence-corrected chi connectivity index (χ1v) is 9.41. The second kappa shape index (κ2) is 9.74. The number of aromatic nitrogens is 1. The Morgan fingerprint density at radius 3 is 2.43 bits per heavy atom. The van der Waals surface area contributed by atoms with Gasteiger partial charge in [-0.15, -0.1) is 23.8 Å². The van der Waals surface area contributed by atoms with Gasteiger partial charge in [-0.25, -0.2) is 0 Å². The number of thiophene rings is 1. The number of nitrogens with zero attached hydrogens (tertiary/aromatic N) is 1. The number of carbonyl (C=O) groups excluding carboxylic acids is 1. The zero-order valence-electron chi connectivity index (χ0n) is 15.8. The molecule has 28 heavy (non-hydrogen) atoms. The standard InChI is InChI=1S/C18H12NS.C5H8O2.Ir/c1-12-6-4-7-13-14-8-5-9-15(18(14)20-17(12)13)16-10-2-3-11-19-16;1-4(6)3-5(2)7;/h2-8,10-11H,1H3;3,6H,1-2H3;/q-1;;/b;4-3-;. The Labute approximate surface area is 182 Å². The SMILES string of the molecule is CC(=O)/C=C(/C)O.Cc1cccc2c1sc1c(-c3ccccn3)[c-]ccc12.[Ir]. The quantitative estimate of drug-likeness (QED) is 0.177. The first kappa shape index (κ1) is 22.0. The number of aliphatic hydroxyl groups excluding tert-OH is 1. The Hall–Kier alpha value is -2.33. The van der Waals surface area contributed by atoms with Crippen molar-refractivity contribution in [2.75, 3.05) is 0 Å². The van der Waals surface area contributed by atoms with Crippen molar-refractivity contribution in [2.24, 2.45) is 0 Å². The largest absolute Gasteiger partial charge is 0.512 e. The van der Waals surface area contributed by atoms with Crippen LogP contribution in [-0.2, 0) is 24.9 Å². The van der Waals surface area contributed by atoms with Gasteiger partial charge in [0.1, 0.15) is 0 Å². The number of hydrogen-bond donors (Lipinski definition) is 1. The number of hydrogen-bond acceptors (Lipinski definition) is 4. The van der Waals surface area contributed by atoms with Gasteiger partial charge >= 0.3 is 0 Å². The van der Waals surface area contributed by atoms with Crippen LogP contribution in [0.4, 0.5) is 0 Å². The molecule has 0 spiro atoms. The average Bonchev–Trinajstić information content (AvgIpc) is 3.02. The van der Waals surface area contributed by atoms with Crippen LogP contribution in [0.25, 0.3) is 31.4 Å². The molecule has 2 aromatic carbocycles. The molecule has 3 nitrogen and oxygen atoms in total. The van der Waals surface area contributed by atoms with Crippen LogP contribution < -0.4 is 0 Å². The summed E-state index contributed by atoms with van der Waals surface area (Å²) in [7, 11) is 0. The first-order chi connectivity index (χ1) is 13.0. The Balaban J connectivity index is 0.000000306. The summed E-state index contributed by atoms with van der Waals surface area (Å²) in [4.78, 5) is 14.5. The summed E-state index contributed by atoms with van der Waals surface area (Å²) in [5.41, 5.74) is 3.42. The fourth-order valence-electron chi connectivity index (χ4n) is 2.90. The van der Waals surface area contributed by atoms with Crippen molar-refractivity contribution >= 4 is 37.3 Å². The molecule has 0 aliphatic heterocycles. The van der Waals surface area contributed by atoms with Crippen molar-refractivity contribution in [2.45, 2.75) is 20.8 Å². The molecule has 1 N–H and O–H groups in total. The summed E-state index contributed by atoms with van der Waals surface area (Å²) < 4.78 is 2.63. The minimum atomic E-state index is -0.125. The molecule has 4 aromatic rings. The predicted molar refractivity (Wildman–Crippen MR) is 113 cm³/mol. The Morgan fingerprint density at radius 1 is 1.07 bits per heavy atom. The van der Waals surface area contributed by atoms with Gasteiger partial charge < -0.3 is 10.1 Å².